The summed E-state index contributed by atoms with van der Waals surface area (Å²) in [6.07, 6.45) is 1.60. The molecule has 0 atom stereocenters. The number of benzene rings is 2. The average Bonchev–Trinajstić information content (AvgIpc) is 2.82. The van der Waals surface area contributed by atoms with Crippen molar-refractivity contribution in [2.75, 3.05) is 27.4 Å². The van der Waals surface area contributed by atoms with Crippen molar-refractivity contribution in [3.05, 3.63) is 76.1 Å². The highest BCUT2D eigenvalue weighted by Crippen LogP contribution is 2.32. The zero-order valence-corrected chi connectivity index (χ0v) is 18.6. The van der Waals surface area contributed by atoms with Crippen LogP contribution in [0.25, 0.3) is 6.08 Å². The number of rotatable bonds is 8. The van der Waals surface area contributed by atoms with E-state index in [4.69, 9.17) is 14.2 Å². The molecule has 2 amide bonds. The number of hydrogen-bond acceptors (Lipinski definition) is 6. The van der Waals surface area contributed by atoms with Gasteiger partial charge in [-0.1, -0.05) is 18.2 Å². The molecule has 1 heterocycles. The van der Waals surface area contributed by atoms with Crippen LogP contribution in [0.3, 0.4) is 0 Å². The van der Waals surface area contributed by atoms with Crippen LogP contribution in [-0.4, -0.2) is 44.1 Å². The SMILES string of the molecule is COCCN1C(=O)C(C#N)=C(C)/C(=C\c2ccc(OCc3ccc(F)cc3)c(OC)c2)C1=O. The summed E-state index contributed by atoms with van der Waals surface area (Å²) in [4.78, 5) is 26.5. The van der Waals surface area contributed by atoms with Crippen molar-refractivity contribution < 1.29 is 28.2 Å². The minimum atomic E-state index is -0.628. The highest BCUT2D eigenvalue weighted by molar-refractivity contribution is 6.19. The molecule has 0 aromatic heterocycles. The van der Waals surface area contributed by atoms with Gasteiger partial charge in [-0.3, -0.25) is 14.5 Å². The lowest BCUT2D eigenvalue weighted by molar-refractivity contribution is -0.141. The number of carbonyl (C=O) groups excluding carboxylic acids is 2. The van der Waals surface area contributed by atoms with Crippen molar-refractivity contribution in [2.45, 2.75) is 13.5 Å². The number of carbonyl (C=O) groups is 2. The lowest BCUT2D eigenvalue weighted by atomic mass is 9.93. The first-order valence-electron chi connectivity index (χ1n) is 10.1. The molecule has 2 aromatic rings. The van der Waals surface area contributed by atoms with Crippen molar-refractivity contribution in [1.29, 1.82) is 5.26 Å². The fourth-order valence-electron chi connectivity index (χ4n) is 3.32. The first-order valence-corrected chi connectivity index (χ1v) is 10.1. The number of hydrogen-bond donors (Lipinski definition) is 0. The zero-order valence-electron chi connectivity index (χ0n) is 18.6. The zero-order chi connectivity index (χ0) is 24.0. The van der Waals surface area contributed by atoms with E-state index in [0.29, 0.717) is 22.6 Å². The number of nitrogens with zero attached hydrogens (tertiary/aromatic N) is 2. The Morgan fingerprint density at radius 1 is 1.06 bits per heavy atom. The van der Waals surface area contributed by atoms with Crippen molar-refractivity contribution in [3.8, 4) is 17.6 Å². The Hall–Kier alpha value is -3.96. The summed E-state index contributed by atoms with van der Waals surface area (Å²) in [5.74, 6) is -0.539. The quantitative estimate of drug-likeness (QED) is 0.451. The summed E-state index contributed by atoms with van der Waals surface area (Å²) >= 11 is 0. The van der Waals surface area contributed by atoms with Crippen LogP contribution in [0.15, 0.2) is 59.2 Å². The molecule has 8 heteroatoms. The van der Waals surface area contributed by atoms with E-state index >= 15 is 0 Å². The van der Waals surface area contributed by atoms with Gasteiger partial charge in [0.1, 0.15) is 24.1 Å². The number of imide groups is 1. The van der Waals surface area contributed by atoms with Crippen molar-refractivity contribution in [2.24, 2.45) is 0 Å². The van der Waals surface area contributed by atoms with Gasteiger partial charge < -0.3 is 14.2 Å². The van der Waals surface area contributed by atoms with E-state index in [1.54, 1.807) is 43.3 Å². The van der Waals surface area contributed by atoms with E-state index in [1.807, 2.05) is 6.07 Å². The Kier molecular flexibility index (Phi) is 7.59. The molecular weight excluding hydrogens is 427 g/mol. The molecule has 0 fully saturated rings. The second-order valence-electron chi connectivity index (χ2n) is 7.25. The number of amides is 2. The fourth-order valence-corrected chi connectivity index (χ4v) is 3.32. The molecule has 1 aliphatic heterocycles. The second kappa shape index (κ2) is 10.6. The third kappa shape index (κ3) is 5.27. The third-order valence-corrected chi connectivity index (χ3v) is 5.15. The van der Waals surface area contributed by atoms with Crippen LogP contribution in [0.4, 0.5) is 4.39 Å². The lowest BCUT2D eigenvalue weighted by Crippen LogP contribution is -2.44. The van der Waals surface area contributed by atoms with Crippen LogP contribution < -0.4 is 9.47 Å². The van der Waals surface area contributed by atoms with E-state index < -0.39 is 11.8 Å². The molecular formula is C25H23FN2O5. The molecule has 0 spiro atoms. The molecule has 0 aliphatic carbocycles. The Balaban J connectivity index is 1.90. The van der Waals surface area contributed by atoms with Crippen LogP contribution in [0.1, 0.15) is 18.1 Å². The first-order chi connectivity index (χ1) is 15.9. The summed E-state index contributed by atoms with van der Waals surface area (Å²) in [5.41, 5.74) is 1.90. The maximum Gasteiger partial charge on any atom is 0.271 e. The molecule has 0 saturated carbocycles. The monoisotopic (exact) mass is 450 g/mol. The molecule has 170 valence electrons. The fraction of sp³-hybridized carbons (Fsp3) is 0.240. The smallest absolute Gasteiger partial charge is 0.271 e. The van der Waals surface area contributed by atoms with Gasteiger partial charge in [0.25, 0.3) is 11.8 Å². The van der Waals surface area contributed by atoms with E-state index in [9.17, 15) is 19.2 Å². The number of nitriles is 1. The van der Waals surface area contributed by atoms with Crippen molar-refractivity contribution >= 4 is 17.9 Å². The number of halogens is 1. The van der Waals surface area contributed by atoms with Gasteiger partial charge in [0.15, 0.2) is 11.5 Å². The van der Waals surface area contributed by atoms with E-state index in [1.165, 1.54) is 26.4 Å². The predicted molar refractivity (Wildman–Crippen MR) is 119 cm³/mol. The maximum absolute atomic E-state index is 13.1. The molecule has 0 unspecified atom stereocenters. The summed E-state index contributed by atoms with van der Waals surface area (Å²) in [6.45, 7) is 2.00. The number of ether oxygens (including phenoxy) is 3. The first kappa shape index (κ1) is 23.7. The molecule has 0 N–H and O–H groups in total. The van der Waals surface area contributed by atoms with Gasteiger partial charge in [0, 0.05) is 12.7 Å². The summed E-state index contributed by atoms with van der Waals surface area (Å²) in [6, 6.07) is 13.0. The average molecular weight is 450 g/mol. The molecule has 33 heavy (non-hydrogen) atoms. The lowest BCUT2D eigenvalue weighted by Gasteiger charge is -2.27. The maximum atomic E-state index is 13.1. The number of methoxy groups -OCH3 is 2. The topological polar surface area (TPSA) is 88.9 Å². The second-order valence-corrected chi connectivity index (χ2v) is 7.25. The van der Waals surface area contributed by atoms with Crippen LogP contribution in [0.5, 0.6) is 11.5 Å². The molecule has 0 bridgehead atoms. The Morgan fingerprint density at radius 3 is 2.42 bits per heavy atom. The highest BCUT2D eigenvalue weighted by Gasteiger charge is 2.35. The standard InChI is InChI=1S/C25H23FN2O5/c1-16-20(24(29)28(10-11-31-2)25(30)21(16)14-27)12-18-6-9-22(23(13-18)32-3)33-15-17-4-7-19(26)8-5-17/h4-9,12-13H,10-11,15H2,1-3H3/b20-12+. The van der Waals surface area contributed by atoms with Crippen LogP contribution in [0.2, 0.25) is 0 Å². The summed E-state index contributed by atoms with van der Waals surface area (Å²) in [5, 5.41) is 9.45. The molecule has 0 radical (unpaired) electrons. The largest absolute Gasteiger partial charge is 0.493 e. The van der Waals surface area contributed by atoms with Gasteiger partial charge in [-0.2, -0.15) is 5.26 Å². The third-order valence-electron chi connectivity index (χ3n) is 5.15. The van der Waals surface area contributed by atoms with E-state index in [0.717, 1.165) is 10.5 Å². The predicted octanol–water partition coefficient (Wildman–Crippen LogP) is 3.65. The summed E-state index contributed by atoms with van der Waals surface area (Å²) < 4.78 is 29.3. The van der Waals surface area contributed by atoms with Crippen LogP contribution in [0, 0.1) is 17.1 Å². The molecule has 0 saturated heterocycles. The van der Waals surface area contributed by atoms with Gasteiger partial charge in [0.05, 0.1) is 20.3 Å². The van der Waals surface area contributed by atoms with Gasteiger partial charge in [0.2, 0.25) is 0 Å². The van der Waals surface area contributed by atoms with E-state index in [2.05, 4.69) is 0 Å². The molecule has 3 rings (SSSR count). The van der Waals surface area contributed by atoms with Gasteiger partial charge in [-0.25, -0.2) is 4.39 Å². The normalized spacial score (nSPS) is 15.1. The minimum Gasteiger partial charge on any atom is -0.493 e. The summed E-state index contributed by atoms with van der Waals surface area (Å²) in [7, 11) is 2.96. The molecule has 1 aliphatic rings. The Bertz CT molecular complexity index is 1160. The van der Waals surface area contributed by atoms with Gasteiger partial charge in [-0.05, 0) is 54.0 Å². The Morgan fingerprint density at radius 2 is 1.79 bits per heavy atom. The van der Waals surface area contributed by atoms with Crippen LogP contribution >= 0.6 is 0 Å². The van der Waals surface area contributed by atoms with E-state index in [-0.39, 0.29) is 36.7 Å². The molecule has 2 aromatic carbocycles. The van der Waals surface area contributed by atoms with Crippen molar-refractivity contribution in [1.82, 2.24) is 4.90 Å². The highest BCUT2D eigenvalue weighted by atomic mass is 19.1. The van der Waals surface area contributed by atoms with Crippen LogP contribution in [-0.2, 0) is 20.9 Å². The Labute approximate surface area is 191 Å². The van der Waals surface area contributed by atoms with Gasteiger partial charge >= 0.3 is 0 Å². The van der Waals surface area contributed by atoms with Crippen molar-refractivity contribution in [3.63, 3.8) is 0 Å². The van der Waals surface area contributed by atoms with Gasteiger partial charge in [-0.15, -0.1) is 0 Å². The molecule has 7 nitrogen and oxygen atoms in total. The minimum absolute atomic E-state index is 0.0451.